The highest BCUT2D eigenvalue weighted by Gasteiger charge is 2.23. The molecule has 2 rings (SSSR count). The summed E-state index contributed by atoms with van der Waals surface area (Å²) in [7, 11) is 0. The fourth-order valence-electron chi connectivity index (χ4n) is 3.11. The number of aldehydes is 1. The highest BCUT2D eigenvalue weighted by molar-refractivity contribution is 5.78. The van der Waals surface area contributed by atoms with Gasteiger partial charge in [0.1, 0.15) is 6.29 Å². The maximum Gasteiger partial charge on any atom is 0.150 e. The lowest BCUT2D eigenvalue weighted by Crippen LogP contribution is -2.34. The molecule has 1 aromatic carbocycles. The maximum absolute atomic E-state index is 11.0. The van der Waals surface area contributed by atoms with Gasteiger partial charge in [-0.05, 0) is 55.9 Å². The molecule has 110 valence electrons. The van der Waals surface area contributed by atoms with E-state index in [2.05, 4.69) is 30.9 Å². The quantitative estimate of drug-likeness (QED) is 0.706. The fraction of sp³-hybridized carbons (Fsp3) is 0.611. The van der Waals surface area contributed by atoms with Crippen LogP contribution in [0.1, 0.15) is 61.9 Å². The van der Waals surface area contributed by atoms with Gasteiger partial charge in [-0.25, -0.2) is 0 Å². The molecule has 1 saturated carbocycles. The number of carbonyl (C=O) groups is 1. The highest BCUT2D eigenvalue weighted by atomic mass is 16.1. The molecule has 1 aliphatic rings. The van der Waals surface area contributed by atoms with Crippen molar-refractivity contribution in [1.82, 2.24) is 0 Å². The van der Waals surface area contributed by atoms with Gasteiger partial charge in [0.25, 0.3) is 0 Å². The smallest absolute Gasteiger partial charge is 0.150 e. The molecule has 0 spiro atoms. The first-order valence-electron chi connectivity index (χ1n) is 7.94. The van der Waals surface area contributed by atoms with Crippen molar-refractivity contribution in [3.05, 3.63) is 29.3 Å². The van der Waals surface area contributed by atoms with E-state index in [-0.39, 0.29) is 0 Å². The predicted octanol–water partition coefficient (Wildman–Crippen LogP) is 4.60. The first-order chi connectivity index (χ1) is 9.61. The lowest BCUT2D eigenvalue weighted by molar-refractivity contribution is 0.112. The second kappa shape index (κ2) is 6.92. The predicted molar refractivity (Wildman–Crippen MR) is 85.6 cm³/mol. The van der Waals surface area contributed by atoms with Gasteiger partial charge in [-0.3, -0.25) is 4.79 Å². The molecular weight excluding hydrogens is 246 g/mol. The van der Waals surface area contributed by atoms with Crippen LogP contribution in [0.5, 0.6) is 0 Å². The van der Waals surface area contributed by atoms with E-state index in [0.29, 0.717) is 6.04 Å². The van der Waals surface area contributed by atoms with Crippen LogP contribution in [0.3, 0.4) is 0 Å². The molecule has 1 aromatic rings. The van der Waals surface area contributed by atoms with E-state index in [9.17, 15) is 4.79 Å². The zero-order chi connectivity index (χ0) is 14.5. The number of nitrogens with zero attached hydrogens (tertiary/aromatic N) is 1. The molecule has 0 unspecified atom stereocenters. The number of hydrogen-bond acceptors (Lipinski definition) is 2. The molecule has 20 heavy (non-hydrogen) atoms. The van der Waals surface area contributed by atoms with E-state index in [1.165, 1.54) is 37.8 Å². The minimum absolute atomic E-state index is 0.690. The molecule has 0 heterocycles. The zero-order valence-corrected chi connectivity index (χ0v) is 13.1. The lowest BCUT2D eigenvalue weighted by Gasteiger charge is -2.32. The molecule has 0 aromatic heterocycles. The minimum Gasteiger partial charge on any atom is -0.369 e. The standard InChI is InChI=1S/C18H27NO/c1-14(2)10-11-19(17-6-4-5-7-17)18-9-8-16(13-20)15(3)12-18/h8-9,12-14,17H,4-7,10-11H2,1-3H3. The van der Waals surface area contributed by atoms with E-state index in [1.807, 2.05) is 13.0 Å². The third kappa shape index (κ3) is 3.62. The van der Waals surface area contributed by atoms with Gasteiger partial charge >= 0.3 is 0 Å². The van der Waals surface area contributed by atoms with Crippen LogP contribution in [0, 0.1) is 12.8 Å². The van der Waals surface area contributed by atoms with Gasteiger partial charge in [0.15, 0.2) is 0 Å². The summed E-state index contributed by atoms with van der Waals surface area (Å²) in [5.41, 5.74) is 3.19. The van der Waals surface area contributed by atoms with Crippen molar-refractivity contribution in [1.29, 1.82) is 0 Å². The Morgan fingerprint density at radius 2 is 2.00 bits per heavy atom. The molecule has 2 nitrogen and oxygen atoms in total. The first kappa shape index (κ1) is 15.1. The zero-order valence-electron chi connectivity index (χ0n) is 13.1. The highest BCUT2D eigenvalue weighted by Crippen LogP contribution is 2.30. The van der Waals surface area contributed by atoms with Crippen LogP contribution in [-0.4, -0.2) is 18.9 Å². The average molecular weight is 273 g/mol. The van der Waals surface area contributed by atoms with Gasteiger partial charge in [-0.1, -0.05) is 26.7 Å². The number of hydrogen-bond donors (Lipinski definition) is 0. The fourth-order valence-corrected chi connectivity index (χ4v) is 3.11. The number of benzene rings is 1. The average Bonchev–Trinajstić information content (AvgIpc) is 2.93. The second-order valence-electron chi connectivity index (χ2n) is 6.47. The third-order valence-electron chi connectivity index (χ3n) is 4.42. The van der Waals surface area contributed by atoms with Gasteiger partial charge in [-0.2, -0.15) is 0 Å². The Balaban J connectivity index is 2.20. The van der Waals surface area contributed by atoms with Crippen molar-refractivity contribution in [3.8, 4) is 0 Å². The second-order valence-corrected chi connectivity index (χ2v) is 6.47. The third-order valence-corrected chi connectivity index (χ3v) is 4.42. The Kier molecular flexibility index (Phi) is 5.22. The SMILES string of the molecule is Cc1cc(N(CCC(C)C)C2CCCC2)ccc1C=O. The van der Waals surface area contributed by atoms with Crippen LogP contribution in [0.15, 0.2) is 18.2 Å². The molecule has 0 radical (unpaired) electrons. The molecule has 1 aliphatic carbocycles. The lowest BCUT2D eigenvalue weighted by atomic mass is 10.0. The molecule has 0 saturated heterocycles. The maximum atomic E-state index is 11.0. The Morgan fingerprint density at radius 3 is 2.55 bits per heavy atom. The molecule has 0 amide bonds. The molecule has 0 N–H and O–H groups in total. The first-order valence-corrected chi connectivity index (χ1v) is 7.94. The largest absolute Gasteiger partial charge is 0.369 e. The van der Waals surface area contributed by atoms with Crippen LogP contribution in [0.25, 0.3) is 0 Å². The molecular formula is C18H27NO. The van der Waals surface area contributed by atoms with Gasteiger partial charge in [0.05, 0.1) is 0 Å². The van der Waals surface area contributed by atoms with E-state index in [0.717, 1.165) is 29.9 Å². The molecule has 0 aliphatic heterocycles. The summed E-state index contributed by atoms with van der Waals surface area (Å²) in [4.78, 5) is 13.5. The van der Waals surface area contributed by atoms with E-state index < -0.39 is 0 Å². The number of anilines is 1. The van der Waals surface area contributed by atoms with Crippen LogP contribution in [0.2, 0.25) is 0 Å². The Morgan fingerprint density at radius 1 is 1.30 bits per heavy atom. The van der Waals surface area contributed by atoms with Gasteiger partial charge in [0.2, 0.25) is 0 Å². The van der Waals surface area contributed by atoms with Crippen molar-refractivity contribution >= 4 is 12.0 Å². The normalized spacial score (nSPS) is 15.8. The number of rotatable bonds is 6. The van der Waals surface area contributed by atoms with Crippen molar-refractivity contribution in [3.63, 3.8) is 0 Å². The van der Waals surface area contributed by atoms with Crippen LogP contribution < -0.4 is 4.90 Å². The summed E-state index contributed by atoms with van der Waals surface area (Å²) in [6, 6.07) is 6.96. The summed E-state index contributed by atoms with van der Waals surface area (Å²) < 4.78 is 0. The summed E-state index contributed by atoms with van der Waals surface area (Å²) in [6.07, 6.45) is 7.51. The Hall–Kier alpha value is -1.31. The van der Waals surface area contributed by atoms with Crippen molar-refractivity contribution < 1.29 is 4.79 Å². The van der Waals surface area contributed by atoms with Gasteiger partial charge in [-0.15, -0.1) is 0 Å². The van der Waals surface area contributed by atoms with Crippen molar-refractivity contribution in [2.45, 2.75) is 58.9 Å². The van der Waals surface area contributed by atoms with E-state index in [4.69, 9.17) is 0 Å². The van der Waals surface area contributed by atoms with Crippen LogP contribution in [-0.2, 0) is 0 Å². The Bertz CT molecular complexity index is 447. The summed E-state index contributed by atoms with van der Waals surface area (Å²) >= 11 is 0. The van der Waals surface area contributed by atoms with Crippen LogP contribution >= 0.6 is 0 Å². The molecule has 0 atom stereocenters. The van der Waals surface area contributed by atoms with Gasteiger partial charge in [0, 0.05) is 23.8 Å². The topological polar surface area (TPSA) is 20.3 Å². The summed E-state index contributed by atoms with van der Waals surface area (Å²) in [5.74, 6) is 0.731. The van der Waals surface area contributed by atoms with E-state index >= 15 is 0 Å². The summed E-state index contributed by atoms with van der Waals surface area (Å²) in [5, 5.41) is 0. The van der Waals surface area contributed by atoms with E-state index in [1.54, 1.807) is 0 Å². The number of carbonyl (C=O) groups excluding carboxylic acids is 1. The Labute approximate surface area is 123 Å². The van der Waals surface area contributed by atoms with Crippen molar-refractivity contribution in [2.75, 3.05) is 11.4 Å². The monoisotopic (exact) mass is 273 g/mol. The minimum atomic E-state index is 0.690. The molecule has 2 heteroatoms. The number of aryl methyl sites for hydroxylation is 1. The molecule has 0 bridgehead atoms. The van der Waals surface area contributed by atoms with Crippen molar-refractivity contribution in [2.24, 2.45) is 5.92 Å². The summed E-state index contributed by atoms with van der Waals surface area (Å²) in [6.45, 7) is 7.73. The van der Waals surface area contributed by atoms with Crippen LogP contribution in [0.4, 0.5) is 5.69 Å². The molecule has 1 fully saturated rings. The van der Waals surface area contributed by atoms with Gasteiger partial charge < -0.3 is 4.90 Å².